The van der Waals surface area contributed by atoms with Gasteiger partial charge in [-0.3, -0.25) is 0 Å². The lowest BCUT2D eigenvalue weighted by molar-refractivity contribution is 0.578. The van der Waals surface area contributed by atoms with E-state index in [-0.39, 0.29) is 10.6 Å². The van der Waals surface area contributed by atoms with E-state index in [0.717, 1.165) is 27.5 Å². The fourth-order valence-electron chi connectivity index (χ4n) is 1.89. The second kappa shape index (κ2) is 4.96. The number of hydrogen-bond donors (Lipinski definition) is 1. The molecule has 1 aromatic carbocycles. The third-order valence-electron chi connectivity index (χ3n) is 2.74. The first-order valence-corrected chi connectivity index (χ1v) is 6.56. The molecule has 0 spiro atoms. The summed E-state index contributed by atoms with van der Waals surface area (Å²) in [5, 5.41) is -0.234. The van der Waals surface area contributed by atoms with Crippen molar-refractivity contribution in [1.82, 2.24) is 0 Å². The largest absolute Gasteiger partial charge is 0.320 e. The minimum absolute atomic E-state index is 0.127. The van der Waals surface area contributed by atoms with Gasteiger partial charge in [0.1, 0.15) is 11.6 Å². The Kier molecular flexibility index (Phi) is 3.71. The Morgan fingerprint density at radius 2 is 1.83 bits per heavy atom. The van der Waals surface area contributed by atoms with Gasteiger partial charge in [-0.15, -0.1) is 11.3 Å². The Hall–Kier alpha value is -0.970. The number of hydrogen-bond acceptors (Lipinski definition) is 2. The van der Waals surface area contributed by atoms with Gasteiger partial charge in [0.05, 0.1) is 11.1 Å². The number of benzene rings is 1. The predicted molar refractivity (Wildman–Crippen MR) is 71.2 cm³/mol. The molecular weight excluding hydrogens is 276 g/mol. The smallest absolute Gasteiger partial charge is 0.142 e. The van der Waals surface area contributed by atoms with Crippen molar-refractivity contribution in [2.45, 2.75) is 19.9 Å². The van der Waals surface area contributed by atoms with Crippen LogP contribution in [0.1, 0.15) is 26.9 Å². The molecule has 2 aromatic rings. The first kappa shape index (κ1) is 13.5. The number of thiophene rings is 1. The van der Waals surface area contributed by atoms with Crippen LogP contribution in [-0.2, 0) is 0 Å². The topological polar surface area (TPSA) is 26.0 Å². The fourth-order valence-corrected chi connectivity index (χ4v) is 3.09. The van der Waals surface area contributed by atoms with E-state index in [2.05, 4.69) is 0 Å². The van der Waals surface area contributed by atoms with Crippen molar-refractivity contribution in [3.05, 3.63) is 55.7 Å². The van der Waals surface area contributed by atoms with Gasteiger partial charge in [0.15, 0.2) is 0 Å². The molecule has 0 radical (unpaired) electrons. The molecule has 1 unspecified atom stereocenters. The maximum Gasteiger partial charge on any atom is 0.142 e. The minimum atomic E-state index is -0.671. The average molecular weight is 288 g/mol. The van der Waals surface area contributed by atoms with Crippen LogP contribution in [0, 0.1) is 25.5 Å². The maximum absolute atomic E-state index is 13.8. The minimum Gasteiger partial charge on any atom is -0.320 e. The molecule has 0 aliphatic carbocycles. The molecule has 0 saturated carbocycles. The first-order valence-electron chi connectivity index (χ1n) is 5.37. The van der Waals surface area contributed by atoms with Crippen molar-refractivity contribution in [2.24, 2.45) is 5.73 Å². The summed E-state index contributed by atoms with van der Waals surface area (Å²) >= 11 is 7.01. The lowest BCUT2D eigenvalue weighted by Crippen LogP contribution is -2.13. The summed E-state index contributed by atoms with van der Waals surface area (Å²) in [6.07, 6.45) is 0. The molecule has 5 heteroatoms. The van der Waals surface area contributed by atoms with Crippen LogP contribution in [0.5, 0.6) is 0 Å². The molecule has 0 fully saturated rings. The summed E-state index contributed by atoms with van der Waals surface area (Å²) in [4.78, 5) is 1.93. The zero-order chi connectivity index (χ0) is 13.4. The van der Waals surface area contributed by atoms with Crippen molar-refractivity contribution in [2.75, 3.05) is 0 Å². The fraction of sp³-hybridized carbons (Fsp3) is 0.231. The third-order valence-corrected chi connectivity index (χ3v) is 4.26. The molecule has 0 bridgehead atoms. The van der Waals surface area contributed by atoms with Crippen LogP contribution < -0.4 is 5.73 Å². The second-order valence-corrected chi connectivity index (χ2v) is 5.86. The molecule has 0 aliphatic heterocycles. The zero-order valence-electron chi connectivity index (χ0n) is 9.93. The number of halogens is 3. The molecule has 96 valence electrons. The Bertz CT molecular complexity index is 595. The zero-order valence-corrected chi connectivity index (χ0v) is 11.5. The summed E-state index contributed by atoms with van der Waals surface area (Å²) in [5.41, 5.74) is 7.12. The first-order chi connectivity index (χ1) is 8.40. The van der Waals surface area contributed by atoms with Crippen LogP contribution in [0.4, 0.5) is 8.78 Å². The van der Waals surface area contributed by atoms with E-state index < -0.39 is 17.7 Å². The highest BCUT2D eigenvalue weighted by molar-refractivity contribution is 7.12. The number of nitrogens with two attached hydrogens (primary N) is 1. The van der Waals surface area contributed by atoms with E-state index in [1.807, 2.05) is 19.9 Å². The molecule has 0 aliphatic rings. The van der Waals surface area contributed by atoms with E-state index in [4.69, 9.17) is 17.3 Å². The Morgan fingerprint density at radius 1 is 1.17 bits per heavy atom. The normalized spacial score (nSPS) is 12.8. The van der Waals surface area contributed by atoms with E-state index in [1.54, 1.807) is 0 Å². The van der Waals surface area contributed by atoms with Crippen molar-refractivity contribution in [1.29, 1.82) is 0 Å². The van der Waals surface area contributed by atoms with Gasteiger partial charge in [0.25, 0.3) is 0 Å². The molecule has 18 heavy (non-hydrogen) atoms. The molecule has 1 nitrogen and oxygen atoms in total. The van der Waals surface area contributed by atoms with Crippen LogP contribution in [0.2, 0.25) is 5.02 Å². The lowest BCUT2D eigenvalue weighted by Gasteiger charge is -2.13. The van der Waals surface area contributed by atoms with Gasteiger partial charge in [-0.25, -0.2) is 8.78 Å². The molecule has 1 heterocycles. The molecule has 0 saturated heterocycles. The van der Waals surface area contributed by atoms with Crippen molar-refractivity contribution >= 4 is 22.9 Å². The highest BCUT2D eigenvalue weighted by Gasteiger charge is 2.19. The second-order valence-electron chi connectivity index (χ2n) is 4.17. The summed E-state index contributed by atoms with van der Waals surface area (Å²) in [5.74, 6) is -1.24. The molecule has 1 aromatic heterocycles. The Balaban J connectivity index is 2.49. The molecule has 2 rings (SSSR count). The van der Waals surface area contributed by atoms with Gasteiger partial charge in [-0.05, 0) is 37.6 Å². The van der Waals surface area contributed by atoms with Crippen LogP contribution >= 0.6 is 22.9 Å². The SMILES string of the molecule is Cc1cc(C)c(C(N)c2cc(F)c(Cl)cc2F)s1. The van der Waals surface area contributed by atoms with Crippen LogP contribution in [0.15, 0.2) is 18.2 Å². The van der Waals surface area contributed by atoms with Gasteiger partial charge in [-0.2, -0.15) is 0 Å². The summed E-state index contributed by atoms with van der Waals surface area (Å²) in [6.45, 7) is 3.86. The average Bonchev–Trinajstić information content (AvgIpc) is 2.62. The summed E-state index contributed by atoms with van der Waals surface area (Å²) in [7, 11) is 0. The highest BCUT2D eigenvalue weighted by Crippen LogP contribution is 2.32. The summed E-state index contributed by atoms with van der Waals surface area (Å²) < 4.78 is 27.2. The Labute approximate surface area is 113 Å². The van der Waals surface area contributed by atoms with Crippen molar-refractivity contribution in [3.63, 3.8) is 0 Å². The molecule has 2 N–H and O–H groups in total. The van der Waals surface area contributed by atoms with E-state index in [0.29, 0.717) is 0 Å². The lowest BCUT2D eigenvalue weighted by atomic mass is 10.0. The highest BCUT2D eigenvalue weighted by atomic mass is 35.5. The van der Waals surface area contributed by atoms with E-state index >= 15 is 0 Å². The predicted octanol–water partition coefficient (Wildman–Crippen LogP) is 4.34. The Morgan fingerprint density at radius 3 is 2.39 bits per heavy atom. The van der Waals surface area contributed by atoms with Crippen LogP contribution in [0.25, 0.3) is 0 Å². The monoisotopic (exact) mass is 287 g/mol. The number of aryl methyl sites for hydroxylation is 2. The van der Waals surface area contributed by atoms with E-state index in [9.17, 15) is 8.78 Å². The van der Waals surface area contributed by atoms with Gasteiger partial charge < -0.3 is 5.73 Å². The standard InChI is InChI=1S/C13H12ClF2NS/c1-6-3-7(2)18-13(6)12(17)8-4-11(16)9(14)5-10(8)15/h3-5,12H,17H2,1-2H3. The maximum atomic E-state index is 13.8. The molecule has 1 atom stereocenters. The van der Waals surface area contributed by atoms with Crippen molar-refractivity contribution < 1.29 is 8.78 Å². The third kappa shape index (κ3) is 2.41. The van der Waals surface area contributed by atoms with Gasteiger partial charge in [0, 0.05) is 15.3 Å². The van der Waals surface area contributed by atoms with Gasteiger partial charge in [-0.1, -0.05) is 11.6 Å². The van der Waals surface area contributed by atoms with Gasteiger partial charge >= 0.3 is 0 Å². The quantitative estimate of drug-likeness (QED) is 0.817. The van der Waals surface area contributed by atoms with Crippen molar-refractivity contribution in [3.8, 4) is 0 Å². The van der Waals surface area contributed by atoms with E-state index in [1.165, 1.54) is 11.3 Å². The molecular formula is C13H12ClF2NS. The van der Waals surface area contributed by atoms with Crippen LogP contribution in [-0.4, -0.2) is 0 Å². The number of rotatable bonds is 2. The van der Waals surface area contributed by atoms with Crippen LogP contribution in [0.3, 0.4) is 0 Å². The molecule has 0 amide bonds. The van der Waals surface area contributed by atoms with Gasteiger partial charge in [0.2, 0.25) is 0 Å². The summed E-state index contributed by atoms with van der Waals surface area (Å²) in [6, 6.07) is 3.33.